The highest BCUT2D eigenvalue weighted by atomic mass is 35.5. The highest BCUT2D eigenvalue weighted by molar-refractivity contribution is 6.43. The average Bonchev–Trinajstić information content (AvgIpc) is 2.59. The Morgan fingerprint density at radius 2 is 1.73 bits per heavy atom. The Balaban J connectivity index is 1.83. The third kappa shape index (κ3) is 4.31. The fourth-order valence-electron chi connectivity index (χ4n) is 2.35. The van der Waals surface area contributed by atoms with Gasteiger partial charge in [-0.05, 0) is 50.2 Å². The van der Waals surface area contributed by atoms with E-state index in [1.54, 1.807) is 30.3 Å². The van der Waals surface area contributed by atoms with Crippen molar-refractivity contribution < 1.29 is 4.79 Å². The van der Waals surface area contributed by atoms with Crippen molar-refractivity contribution in [3.63, 3.8) is 0 Å². The molecule has 2 N–H and O–H groups in total. The van der Waals surface area contributed by atoms with Gasteiger partial charge in [0.25, 0.3) is 0 Å². The van der Waals surface area contributed by atoms with Gasteiger partial charge in [-0.2, -0.15) is 4.98 Å². The average molecular weight is 387 g/mol. The number of aromatic nitrogens is 2. The first kappa shape index (κ1) is 18.2. The monoisotopic (exact) mass is 386 g/mol. The largest absolute Gasteiger partial charge is 0.340 e. The highest BCUT2D eigenvalue weighted by Gasteiger charge is 2.08. The number of rotatable bonds is 5. The first-order valence-electron chi connectivity index (χ1n) is 7.87. The van der Waals surface area contributed by atoms with Gasteiger partial charge in [0.2, 0.25) is 5.95 Å². The van der Waals surface area contributed by atoms with Gasteiger partial charge in [-0.15, -0.1) is 0 Å². The molecule has 0 radical (unpaired) electrons. The maximum atomic E-state index is 11.4. The molecule has 0 bridgehead atoms. The molecule has 132 valence electrons. The predicted octanol–water partition coefficient (Wildman–Crippen LogP) is 5.78. The summed E-state index contributed by atoms with van der Waals surface area (Å²) in [6, 6.07) is 14.3. The van der Waals surface area contributed by atoms with Crippen molar-refractivity contribution in [3.05, 3.63) is 69.8 Å². The van der Waals surface area contributed by atoms with Gasteiger partial charge in [-0.25, -0.2) is 4.98 Å². The maximum absolute atomic E-state index is 11.4. The molecule has 7 heteroatoms. The Bertz CT molecular complexity index is 958. The Hall–Kier alpha value is -2.63. The Kier molecular flexibility index (Phi) is 5.40. The lowest BCUT2D eigenvalue weighted by Crippen LogP contribution is -2.03. The fraction of sp³-hybridized carbons (Fsp3) is 0.105. The van der Waals surface area contributed by atoms with Crippen LogP contribution in [0.2, 0.25) is 10.0 Å². The Morgan fingerprint density at radius 1 is 1.00 bits per heavy atom. The number of nitrogens with one attached hydrogen (secondary N) is 2. The molecule has 1 aromatic heterocycles. The molecular weight excluding hydrogens is 371 g/mol. The first-order chi connectivity index (χ1) is 12.4. The molecule has 1 heterocycles. The van der Waals surface area contributed by atoms with E-state index in [0.29, 0.717) is 33.1 Å². The number of hydrogen-bond acceptors (Lipinski definition) is 5. The molecule has 3 aromatic rings. The second-order valence-corrected chi connectivity index (χ2v) is 6.49. The summed E-state index contributed by atoms with van der Waals surface area (Å²) in [5.41, 5.74) is 2.89. The van der Waals surface area contributed by atoms with Crippen LogP contribution < -0.4 is 10.6 Å². The van der Waals surface area contributed by atoms with E-state index < -0.39 is 0 Å². The summed E-state index contributed by atoms with van der Waals surface area (Å²) >= 11 is 12.2. The van der Waals surface area contributed by atoms with Crippen LogP contribution in [0, 0.1) is 6.92 Å². The molecule has 0 aliphatic carbocycles. The minimum absolute atomic E-state index is 0.0271. The lowest BCUT2D eigenvalue weighted by atomic mass is 10.1. The number of Topliss-reactive ketones (excluding diaryl/α,β-unsaturated/α-hetero) is 1. The molecule has 0 saturated carbocycles. The summed E-state index contributed by atoms with van der Waals surface area (Å²) in [4.78, 5) is 20.2. The van der Waals surface area contributed by atoms with E-state index >= 15 is 0 Å². The van der Waals surface area contributed by atoms with E-state index in [2.05, 4.69) is 20.6 Å². The van der Waals surface area contributed by atoms with Crippen LogP contribution in [0.25, 0.3) is 0 Å². The van der Waals surface area contributed by atoms with Crippen molar-refractivity contribution >= 4 is 52.1 Å². The molecule has 0 saturated heterocycles. The predicted molar refractivity (Wildman–Crippen MR) is 106 cm³/mol. The quantitative estimate of drug-likeness (QED) is 0.543. The number of nitrogens with zero attached hydrogens (tertiary/aromatic N) is 2. The smallest absolute Gasteiger partial charge is 0.229 e. The Morgan fingerprint density at radius 3 is 2.42 bits per heavy atom. The SMILES string of the molecule is CC(=O)c1ccc(Nc2cc(C)nc(Nc3cccc(Cl)c3Cl)n2)cc1. The van der Waals surface area contributed by atoms with E-state index in [1.807, 2.05) is 25.1 Å². The number of hydrogen-bond donors (Lipinski definition) is 2. The van der Waals surface area contributed by atoms with Crippen molar-refractivity contribution in [2.75, 3.05) is 10.6 Å². The molecule has 5 nitrogen and oxygen atoms in total. The molecule has 2 aromatic carbocycles. The number of anilines is 4. The first-order valence-corrected chi connectivity index (χ1v) is 8.63. The number of ketones is 1. The van der Waals surface area contributed by atoms with E-state index in [0.717, 1.165) is 11.4 Å². The van der Waals surface area contributed by atoms with Crippen LogP contribution in [-0.4, -0.2) is 15.8 Å². The zero-order valence-corrected chi connectivity index (χ0v) is 15.7. The van der Waals surface area contributed by atoms with Crippen LogP contribution >= 0.6 is 23.2 Å². The summed E-state index contributed by atoms with van der Waals surface area (Å²) in [6.45, 7) is 3.41. The summed E-state index contributed by atoms with van der Waals surface area (Å²) in [5.74, 6) is 1.05. The number of aryl methyl sites for hydroxylation is 1. The second kappa shape index (κ2) is 7.72. The third-order valence-electron chi connectivity index (χ3n) is 3.62. The fourth-order valence-corrected chi connectivity index (χ4v) is 2.69. The van der Waals surface area contributed by atoms with Crippen molar-refractivity contribution in [1.82, 2.24) is 9.97 Å². The van der Waals surface area contributed by atoms with E-state index in [1.165, 1.54) is 6.92 Å². The molecule has 0 amide bonds. The van der Waals surface area contributed by atoms with Crippen LogP contribution in [0.15, 0.2) is 48.5 Å². The normalized spacial score (nSPS) is 10.5. The lowest BCUT2D eigenvalue weighted by Gasteiger charge is -2.11. The molecule has 0 aliphatic rings. The maximum Gasteiger partial charge on any atom is 0.229 e. The van der Waals surface area contributed by atoms with Gasteiger partial charge in [0.15, 0.2) is 5.78 Å². The van der Waals surface area contributed by atoms with Crippen molar-refractivity contribution in [2.24, 2.45) is 0 Å². The highest BCUT2D eigenvalue weighted by Crippen LogP contribution is 2.31. The molecular formula is C19H16Cl2N4O. The zero-order chi connectivity index (χ0) is 18.7. The summed E-state index contributed by atoms with van der Waals surface area (Å²) in [7, 11) is 0. The van der Waals surface area contributed by atoms with Crippen molar-refractivity contribution in [2.45, 2.75) is 13.8 Å². The third-order valence-corrected chi connectivity index (χ3v) is 4.44. The number of carbonyl (C=O) groups is 1. The van der Waals surface area contributed by atoms with Crippen LogP contribution in [0.5, 0.6) is 0 Å². The van der Waals surface area contributed by atoms with Gasteiger partial charge in [0.05, 0.1) is 15.7 Å². The minimum Gasteiger partial charge on any atom is -0.340 e. The number of benzene rings is 2. The second-order valence-electron chi connectivity index (χ2n) is 5.70. The molecule has 3 rings (SSSR count). The van der Waals surface area contributed by atoms with Gasteiger partial charge in [0, 0.05) is 23.0 Å². The van der Waals surface area contributed by atoms with E-state index in [-0.39, 0.29) is 5.78 Å². The number of halogens is 2. The van der Waals surface area contributed by atoms with Gasteiger partial charge in [-0.3, -0.25) is 4.79 Å². The van der Waals surface area contributed by atoms with Crippen LogP contribution in [0.4, 0.5) is 23.1 Å². The molecule has 0 unspecified atom stereocenters. The van der Waals surface area contributed by atoms with Gasteiger partial charge >= 0.3 is 0 Å². The van der Waals surface area contributed by atoms with Crippen LogP contribution in [0.1, 0.15) is 23.0 Å². The molecule has 26 heavy (non-hydrogen) atoms. The van der Waals surface area contributed by atoms with Crippen molar-refractivity contribution in [3.8, 4) is 0 Å². The standard InChI is InChI=1S/C19H16Cl2N4O/c1-11-10-17(23-14-8-6-13(7-9-14)12(2)26)25-19(22-11)24-16-5-3-4-15(20)18(16)21/h3-10H,1-2H3,(H2,22,23,24,25). The topological polar surface area (TPSA) is 66.9 Å². The number of carbonyl (C=O) groups excluding carboxylic acids is 1. The van der Waals surface area contributed by atoms with Gasteiger partial charge in [-0.1, -0.05) is 29.3 Å². The Labute approximate surface area is 161 Å². The van der Waals surface area contributed by atoms with Crippen molar-refractivity contribution in [1.29, 1.82) is 0 Å². The lowest BCUT2D eigenvalue weighted by molar-refractivity contribution is 0.101. The summed E-state index contributed by atoms with van der Waals surface area (Å²) in [6.07, 6.45) is 0. The molecule has 0 atom stereocenters. The summed E-state index contributed by atoms with van der Waals surface area (Å²) < 4.78 is 0. The zero-order valence-electron chi connectivity index (χ0n) is 14.2. The summed E-state index contributed by atoms with van der Waals surface area (Å²) in [5, 5.41) is 7.15. The van der Waals surface area contributed by atoms with Crippen LogP contribution in [0.3, 0.4) is 0 Å². The molecule has 0 aliphatic heterocycles. The van der Waals surface area contributed by atoms with E-state index in [4.69, 9.17) is 23.2 Å². The van der Waals surface area contributed by atoms with Gasteiger partial charge < -0.3 is 10.6 Å². The molecule has 0 spiro atoms. The van der Waals surface area contributed by atoms with Crippen LogP contribution in [-0.2, 0) is 0 Å². The van der Waals surface area contributed by atoms with Gasteiger partial charge in [0.1, 0.15) is 5.82 Å². The molecule has 0 fully saturated rings. The minimum atomic E-state index is 0.0271. The van der Waals surface area contributed by atoms with E-state index in [9.17, 15) is 4.79 Å².